The van der Waals surface area contributed by atoms with Crippen LogP contribution in [0.4, 0.5) is 0 Å². The molecule has 3 heterocycles. The fraction of sp³-hybridized carbons (Fsp3) is 0.364. The quantitative estimate of drug-likeness (QED) is 0.531. The number of benzene rings is 1. The zero-order valence-electron chi connectivity index (χ0n) is 18.4. The molecule has 2 aromatic heterocycles. The van der Waals surface area contributed by atoms with Gasteiger partial charge in [0.1, 0.15) is 17.2 Å². The number of carbonyl (C=O) groups excluding carboxylic acids is 3. The SMILES string of the molecule is CN(CCC(=O)CS(C)(=O)=O)C(=O)c1n[nH]c2c1CN(C(=O)c1cc3ccccc3[nH]1)CC2. The predicted octanol–water partition coefficient (Wildman–Crippen LogP) is 1.17. The molecule has 0 unspecified atom stereocenters. The van der Waals surface area contributed by atoms with Gasteiger partial charge in [0, 0.05) is 61.4 Å². The maximum absolute atomic E-state index is 13.1. The number of nitrogens with one attached hydrogen (secondary N) is 2. The number of aromatic nitrogens is 3. The summed E-state index contributed by atoms with van der Waals surface area (Å²) in [7, 11) is -1.87. The van der Waals surface area contributed by atoms with E-state index in [2.05, 4.69) is 15.2 Å². The van der Waals surface area contributed by atoms with Gasteiger partial charge in [-0.15, -0.1) is 0 Å². The number of nitrogens with zero attached hydrogens (tertiary/aromatic N) is 3. The number of amides is 2. The van der Waals surface area contributed by atoms with E-state index < -0.39 is 21.4 Å². The first-order valence-corrected chi connectivity index (χ1v) is 12.6. The van der Waals surface area contributed by atoms with Crippen LogP contribution in [0.1, 0.15) is 38.7 Å². The van der Waals surface area contributed by atoms with Gasteiger partial charge in [-0.1, -0.05) is 18.2 Å². The number of para-hydroxylation sites is 1. The van der Waals surface area contributed by atoms with Gasteiger partial charge in [-0.05, 0) is 12.1 Å². The number of carbonyl (C=O) groups is 3. The first kappa shape index (κ1) is 22.7. The fourth-order valence-electron chi connectivity index (χ4n) is 3.94. The lowest BCUT2D eigenvalue weighted by Gasteiger charge is -2.27. The van der Waals surface area contributed by atoms with Crippen LogP contribution in [0.3, 0.4) is 0 Å². The van der Waals surface area contributed by atoms with Crippen molar-refractivity contribution in [1.82, 2.24) is 25.0 Å². The van der Waals surface area contributed by atoms with Gasteiger partial charge in [-0.3, -0.25) is 19.5 Å². The van der Waals surface area contributed by atoms with Crippen LogP contribution < -0.4 is 0 Å². The third-order valence-electron chi connectivity index (χ3n) is 5.68. The Kier molecular flexibility index (Phi) is 6.07. The fourth-order valence-corrected chi connectivity index (χ4v) is 4.67. The molecule has 0 atom stereocenters. The number of H-pyrrole nitrogens is 2. The molecular weight excluding hydrogens is 446 g/mol. The van der Waals surface area contributed by atoms with E-state index in [4.69, 9.17) is 0 Å². The summed E-state index contributed by atoms with van der Waals surface area (Å²) in [6.07, 6.45) is 1.48. The summed E-state index contributed by atoms with van der Waals surface area (Å²) in [5.41, 5.74) is 3.03. The summed E-state index contributed by atoms with van der Waals surface area (Å²) in [5, 5.41) is 8.00. The van der Waals surface area contributed by atoms with Crippen LogP contribution in [0.5, 0.6) is 0 Å². The molecule has 10 nitrogen and oxygen atoms in total. The Morgan fingerprint density at radius 3 is 2.70 bits per heavy atom. The highest BCUT2D eigenvalue weighted by Crippen LogP contribution is 2.24. The maximum Gasteiger partial charge on any atom is 0.274 e. The zero-order valence-corrected chi connectivity index (χ0v) is 19.2. The van der Waals surface area contributed by atoms with Crippen LogP contribution in [0.25, 0.3) is 10.9 Å². The van der Waals surface area contributed by atoms with Crippen molar-refractivity contribution < 1.29 is 22.8 Å². The molecule has 0 aliphatic carbocycles. The highest BCUT2D eigenvalue weighted by atomic mass is 32.2. The zero-order chi connectivity index (χ0) is 23.8. The van der Waals surface area contributed by atoms with Crippen molar-refractivity contribution >= 4 is 38.3 Å². The lowest BCUT2D eigenvalue weighted by Crippen LogP contribution is -2.37. The number of ketones is 1. The number of Topliss-reactive ketones (excluding diaryl/α,β-unsaturated/α-hetero) is 1. The van der Waals surface area contributed by atoms with Crippen LogP contribution in [0.15, 0.2) is 30.3 Å². The van der Waals surface area contributed by atoms with E-state index in [-0.39, 0.29) is 37.0 Å². The largest absolute Gasteiger partial charge is 0.351 e. The van der Waals surface area contributed by atoms with E-state index in [1.165, 1.54) is 11.9 Å². The van der Waals surface area contributed by atoms with Gasteiger partial charge in [0.2, 0.25) is 0 Å². The third kappa shape index (κ3) is 4.98. The Morgan fingerprint density at radius 2 is 1.97 bits per heavy atom. The Bertz CT molecular complexity index is 1310. The second-order valence-corrected chi connectivity index (χ2v) is 10.5. The molecule has 2 amide bonds. The van der Waals surface area contributed by atoms with E-state index in [1.54, 1.807) is 4.90 Å². The van der Waals surface area contributed by atoms with Gasteiger partial charge in [-0.2, -0.15) is 5.10 Å². The molecule has 11 heteroatoms. The molecule has 2 N–H and O–H groups in total. The Hall–Kier alpha value is -3.47. The molecule has 0 radical (unpaired) electrons. The van der Waals surface area contributed by atoms with Crippen LogP contribution in [-0.2, 0) is 27.6 Å². The summed E-state index contributed by atoms with van der Waals surface area (Å²) in [6.45, 7) is 0.807. The van der Waals surface area contributed by atoms with Crippen molar-refractivity contribution in [2.75, 3.05) is 32.1 Å². The second-order valence-electron chi connectivity index (χ2n) is 8.36. The van der Waals surface area contributed by atoms with Crippen LogP contribution in [-0.4, -0.2) is 83.1 Å². The van der Waals surface area contributed by atoms with Gasteiger partial charge < -0.3 is 14.8 Å². The molecule has 0 saturated heterocycles. The van der Waals surface area contributed by atoms with E-state index in [0.29, 0.717) is 24.2 Å². The van der Waals surface area contributed by atoms with E-state index in [0.717, 1.165) is 22.9 Å². The van der Waals surface area contributed by atoms with Crippen molar-refractivity contribution in [3.05, 3.63) is 53.0 Å². The molecule has 4 rings (SSSR count). The molecule has 1 aromatic carbocycles. The molecule has 174 valence electrons. The number of rotatable bonds is 7. The smallest absolute Gasteiger partial charge is 0.274 e. The number of aromatic amines is 2. The number of hydrogen-bond donors (Lipinski definition) is 2. The summed E-state index contributed by atoms with van der Waals surface area (Å²) in [4.78, 5) is 44.0. The average Bonchev–Trinajstić information content (AvgIpc) is 3.39. The summed E-state index contributed by atoms with van der Waals surface area (Å²) < 4.78 is 22.5. The molecule has 33 heavy (non-hydrogen) atoms. The number of hydrogen-bond acceptors (Lipinski definition) is 6. The highest BCUT2D eigenvalue weighted by Gasteiger charge is 2.30. The van der Waals surface area contributed by atoms with Crippen LogP contribution >= 0.6 is 0 Å². The Labute approximate surface area is 190 Å². The van der Waals surface area contributed by atoms with Crippen molar-refractivity contribution in [3.8, 4) is 0 Å². The van der Waals surface area contributed by atoms with Crippen LogP contribution in [0, 0.1) is 0 Å². The monoisotopic (exact) mass is 471 g/mol. The topological polar surface area (TPSA) is 136 Å². The molecule has 1 aliphatic heterocycles. The van der Waals surface area contributed by atoms with Gasteiger partial charge in [-0.25, -0.2) is 8.42 Å². The Balaban J connectivity index is 1.45. The summed E-state index contributed by atoms with van der Waals surface area (Å²) in [6, 6.07) is 9.46. The molecule has 3 aromatic rings. The lowest BCUT2D eigenvalue weighted by atomic mass is 10.0. The summed E-state index contributed by atoms with van der Waals surface area (Å²) >= 11 is 0. The van der Waals surface area contributed by atoms with Crippen LogP contribution in [0.2, 0.25) is 0 Å². The minimum atomic E-state index is -3.40. The lowest BCUT2D eigenvalue weighted by molar-refractivity contribution is -0.116. The van der Waals surface area contributed by atoms with E-state index in [9.17, 15) is 22.8 Å². The minimum Gasteiger partial charge on any atom is -0.351 e. The van der Waals surface area contributed by atoms with E-state index >= 15 is 0 Å². The predicted molar refractivity (Wildman–Crippen MR) is 122 cm³/mol. The van der Waals surface area contributed by atoms with Gasteiger partial charge >= 0.3 is 0 Å². The molecular formula is C22H25N5O5S. The molecule has 1 aliphatic rings. The minimum absolute atomic E-state index is 0.0626. The molecule has 0 fully saturated rings. The third-order valence-corrected chi connectivity index (χ3v) is 6.53. The first-order chi connectivity index (χ1) is 15.6. The van der Waals surface area contributed by atoms with Gasteiger partial charge in [0.15, 0.2) is 15.5 Å². The maximum atomic E-state index is 13.1. The highest BCUT2D eigenvalue weighted by molar-refractivity contribution is 7.91. The Morgan fingerprint density at radius 1 is 1.21 bits per heavy atom. The van der Waals surface area contributed by atoms with Crippen molar-refractivity contribution in [3.63, 3.8) is 0 Å². The van der Waals surface area contributed by atoms with E-state index in [1.807, 2.05) is 30.3 Å². The molecule has 0 bridgehead atoms. The van der Waals surface area contributed by atoms with Crippen molar-refractivity contribution in [2.24, 2.45) is 0 Å². The second kappa shape index (κ2) is 8.81. The van der Waals surface area contributed by atoms with Crippen molar-refractivity contribution in [1.29, 1.82) is 0 Å². The van der Waals surface area contributed by atoms with Crippen molar-refractivity contribution in [2.45, 2.75) is 19.4 Å². The normalized spacial score (nSPS) is 13.7. The first-order valence-electron chi connectivity index (χ1n) is 10.5. The van der Waals surface area contributed by atoms with Gasteiger partial charge in [0.25, 0.3) is 11.8 Å². The molecule has 0 spiro atoms. The number of sulfone groups is 1. The van der Waals surface area contributed by atoms with Gasteiger partial charge in [0.05, 0.1) is 6.54 Å². The summed E-state index contributed by atoms with van der Waals surface area (Å²) in [5.74, 6) is -1.54. The molecule has 0 saturated carbocycles. The standard InChI is InChI=1S/C22H25N5O5S/c1-26(9-7-15(28)13-33(2,31)32)22(30)20-16-12-27(10-8-18(16)24-25-20)21(29)19-11-14-5-3-4-6-17(14)23-19/h3-6,11,23H,7-10,12-13H2,1-2H3,(H,24,25). The number of fused-ring (bicyclic) bond motifs is 2. The average molecular weight is 472 g/mol.